The van der Waals surface area contributed by atoms with Crippen LogP contribution >= 0.6 is 0 Å². The monoisotopic (exact) mass is 438 g/mol. The van der Waals surface area contributed by atoms with E-state index in [4.69, 9.17) is 0 Å². The maximum Gasteiger partial charge on any atom is 0.127 e. The fourth-order valence-corrected chi connectivity index (χ4v) is 5.61. The Balaban J connectivity index is 2.11. The Morgan fingerprint density at radius 2 is 0.909 bits per heavy atom. The molecule has 0 saturated carbocycles. The number of phenolic OH excluding ortho intramolecular Hbond substituents is 4. The zero-order chi connectivity index (χ0) is 23.7. The molecular weight excluding hydrogens is 412 g/mol. The van der Waals surface area contributed by atoms with Gasteiger partial charge in [-0.25, -0.2) is 0 Å². The summed E-state index contributed by atoms with van der Waals surface area (Å²) < 4.78 is 0. The van der Waals surface area contributed by atoms with Gasteiger partial charge in [-0.2, -0.15) is 0 Å². The lowest BCUT2D eigenvalue weighted by Gasteiger charge is -2.37. The largest absolute Gasteiger partial charge is 0.508 e. The van der Waals surface area contributed by atoms with Crippen molar-refractivity contribution in [1.29, 1.82) is 0 Å². The van der Waals surface area contributed by atoms with Crippen LogP contribution < -0.4 is 0 Å². The number of aromatic hydroxyl groups is 4. The molecule has 166 valence electrons. The van der Waals surface area contributed by atoms with Gasteiger partial charge < -0.3 is 20.4 Å². The van der Waals surface area contributed by atoms with Crippen molar-refractivity contribution in [3.63, 3.8) is 0 Å². The number of hydrogen-bond acceptors (Lipinski definition) is 4. The molecule has 0 aromatic heterocycles. The third-order valence-corrected chi connectivity index (χ3v) is 7.15. The fraction of sp³-hybridized carbons (Fsp3) is 0.172. The SMILES string of the molecule is Cc1cc(O)c(C)c(O)c1C1(c2c(C)cc(O)c(C)c2O)c2ccccc2-c2ccccc21. The Morgan fingerprint density at radius 3 is 1.30 bits per heavy atom. The van der Waals surface area contributed by atoms with Gasteiger partial charge in [0.25, 0.3) is 0 Å². The molecule has 33 heavy (non-hydrogen) atoms. The maximum atomic E-state index is 11.5. The minimum Gasteiger partial charge on any atom is -0.508 e. The molecule has 0 heterocycles. The highest BCUT2D eigenvalue weighted by molar-refractivity contribution is 5.89. The number of rotatable bonds is 2. The fourth-order valence-electron chi connectivity index (χ4n) is 5.61. The summed E-state index contributed by atoms with van der Waals surface area (Å²) in [5.41, 5.74) is 6.22. The molecule has 0 radical (unpaired) electrons. The highest BCUT2D eigenvalue weighted by atomic mass is 16.3. The lowest BCUT2D eigenvalue weighted by Crippen LogP contribution is -2.31. The first-order valence-corrected chi connectivity index (χ1v) is 11.0. The van der Waals surface area contributed by atoms with Crippen molar-refractivity contribution < 1.29 is 20.4 Å². The van der Waals surface area contributed by atoms with Crippen LogP contribution in [0.5, 0.6) is 23.0 Å². The first kappa shape index (κ1) is 21.0. The summed E-state index contributed by atoms with van der Waals surface area (Å²) in [5.74, 6) is 0.0182. The van der Waals surface area contributed by atoms with E-state index in [2.05, 4.69) is 12.1 Å². The molecule has 0 bridgehead atoms. The third-order valence-electron chi connectivity index (χ3n) is 7.15. The predicted molar refractivity (Wildman–Crippen MR) is 129 cm³/mol. The van der Waals surface area contributed by atoms with Gasteiger partial charge in [0.1, 0.15) is 23.0 Å². The second-order valence-electron chi connectivity index (χ2n) is 8.96. The Labute approximate surface area is 193 Å². The minimum atomic E-state index is -1.05. The molecule has 5 rings (SSSR count). The van der Waals surface area contributed by atoms with E-state index in [9.17, 15) is 20.4 Å². The van der Waals surface area contributed by atoms with Crippen molar-refractivity contribution in [1.82, 2.24) is 0 Å². The molecule has 4 nitrogen and oxygen atoms in total. The van der Waals surface area contributed by atoms with Gasteiger partial charge in [0.2, 0.25) is 0 Å². The van der Waals surface area contributed by atoms with Gasteiger partial charge >= 0.3 is 0 Å². The van der Waals surface area contributed by atoms with Gasteiger partial charge in [-0.15, -0.1) is 0 Å². The number of fused-ring (bicyclic) bond motifs is 3. The highest BCUT2D eigenvalue weighted by Gasteiger charge is 2.51. The second kappa shape index (κ2) is 7.04. The van der Waals surface area contributed by atoms with E-state index in [0.717, 1.165) is 22.3 Å². The van der Waals surface area contributed by atoms with Gasteiger partial charge in [-0.1, -0.05) is 48.5 Å². The zero-order valence-electron chi connectivity index (χ0n) is 19.1. The van der Waals surface area contributed by atoms with Crippen LogP contribution in [0.15, 0.2) is 60.7 Å². The van der Waals surface area contributed by atoms with E-state index < -0.39 is 5.41 Å². The molecule has 0 fully saturated rings. The summed E-state index contributed by atoms with van der Waals surface area (Å²) in [5, 5.41) is 43.9. The molecular formula is C29H26O4. The van der Waals surface area contributed by atoms with E-state index in [1.165, 1.54) is 0 Å². The van der Waals surface area contributed by atoms with Crippen LogP contribution in [0.3, 0.4) is 0 Å². The van der Waals surface area contributed by atoms with Gasteiger partial charge in [0, 0.05) is 22.3 Å². The summed E-state index contributed by atoms with van der Waals surface area (Å²) in [6.07, 6.45) is 0. The molecule has 4 aromatic rings. The average Bonchev–Trinajstić information content (AvgIpc) is 3.07. The molecule has 4 aromatic carbocycles. The van der Waals surface area contributed by atoms with Crippen LogP contribution in [0.4, 0.5) is 0 Å². The smallest absolute Gasteiger partial charge is 0.127 e. The van der Waals surface area contributed by atoms with Crippen molar-refractivity contribution in [2.45, 2.75) is 33.1 Å². The topological polar surface area (TPSA) is 80.9 Å². The first-order valence-electron chi connectivity index (χ1n) is 11.0. The van der Waals surface area contributed by atoms with Gasteiger partial charge in [-0.3, -0.25) is 0 Å². The minimum absolute atomic E-state index is 0.0106. The Morgan fingerprint density at radius 1 is 0.545 bits per heavy atom. The van der Waals surface area contributed by atoms with Crippen molar-refractivity contribution >= 4 is 0 Å². The van der Waals surface area contributed by atoms with E-state index in [0.29, 0.717) is 33.4 Å². The molecule has 0 amide bonds. The van der Waals surface area contributed by atoms with Crippen molar-refractivity contribution in [2.75, 3.05) is 0 Å². The molecule has 4 N–H and O–H groups in total. The molecule has 0 unspecified atom stereocenters. The van der Waals surface area contributed by atoms with Crippen LogP contribution in [0.1, 0.15) is 44.5 Å². The van der Waals surface area contributed by atoms with Gasteiger partial charge in [0.05, 0.1) is 5.41 Å². The molecule has 1 aliphatic carbocycles. The van der Waals surface area contributed by atoms with E-state index in [1.54, 1.807) is 26.0 Å². The summed E-state index contributed by atoms with van der Waals surface area (Å²) in [6, 6.07) is 19.4. The van der Waals surface area contributed by atoms with Crippen LogP contribution in [-0.2, 0) is 5.41 Å². The summed E-state index contributed by atoms with van der Waals surface area (Å²) in [4.78, 5) is 0. The molecule has 0 saturated heterocycles. The van der Waals surface area contributed by atoms with Crippen molar-refractivity contribution in [3.05, 3.63) is 105 Å². The van der Waals surface area contributed by atoms with E-state index >= 15 is 0 Å². The zero-order valence-corrected chi connectivity index (χ0v) is 19.1. The van der Waals surface area contributed by atoms with Crippen LogP contribution in [0.25, 0.3) is 11.1 Å². The predicted octanol–water partition coefficient (Wildman–Crippen LogP) is 6.11. The molecule has 0 atom stereocenters. The second-order valence-corrected chi connectivity index (χ2v) is 8.96. The quantitative estimate of drug-likeness (QED) is 0.268. The van der Waals surface area contributed by atoms with Crippen LogP contribution in [0, 0.1) is 27.7 Å². The van der Waals surface area contributed by atoms with E-state index in [1.807, 2.05) is 50.2 Å². The third kappa shape index (κ3) is 2.58. The highest BCUT2D eigenvalue weighted by Crippen LogP contribution is 2.61. The molecule has 0 aliphatic heterocycles. The standard InChI is InChI=1S/C29H26O4/c1-15-13-23(30)17(3)27(32)25(15)29(26-16(2)14-24(31)18(4)28(26)33)21-11-7-5-9-19(21)20-10-6-8-12-22(20)29/h5-14,30-33H,1-4H3. The first-order chi connectivity index (χ1) is 15.7. The molecule has 4 heteroatoms. The van der Waals surface area contributed by atoms with Crippen molar-refractivity contribution in [3.8, 4) is 34.1 Å². The number of benzene rings is 4. The number of hydrogen-bond donors (Lipinski definition) is 4. The molecule has 0 spiro atoms. The normalized spacial score (nSPS) is 13.6. The number of aryl methyl sites for hydroxylation is 2. The summed E-state index contributed by atoms with van der Waals surface area (Å²) in [6.45, 7) is 7.09. The lowest BCUT2D eigenvalue weighted by molar-refractivity contribution is 0.423. The van der Waals surface area contributed by atoms with E-state index in [-0.39, 0.29) is 23.0 Å². The number of phenols is 4. The summed E-state index contributed by atoms with van der Waals surface area (Å²) >= 11 is 0. The Kier molecular flexibility index (Phi) is 4.47. The van der Waals surface area contributed by atoms with Crippen LogP contribution in [-0.4, -0.2) is 20.4 Å². The average molecular weight is 439 g/mol. The molecule has 1 aliphatic rings. The maximum absolute atomic E-state index is 11.5. The Hall–Kier alpha value is -3.92. The Bertz CT molecular complexity index is 1340. The van der Waals surface area contributed by atoms with Crippen LogP contribution in [0.2, 0.25) is 0 Å². The summed E-state index contributed by atoms with van der Waals surface area (Å²) in [7, 11) is 0. The van der Waals surface area contributed by atoms with Gasteiger partial charge in [0.15, 0.2) is 0 Å². The van der Waals surface area contributed by atoms with Gasteiger partial charge in [-0.05, 0) is 73.2 Å². The van der Waals surface area contributed by atoms with Crippen molar-refractivity contribution in [2.24, 2.45) is 0 Å². The lowest BCUT2D eigenvalue weighted by atomic mass is 9.64.